The van der Waals surface area contributed by atoms with Crippen molar-refractivity contribution >= 4 is 84.4 Å². The number of hydrogen-bond acceptors (Lipinski definition) is 6. The fourth-order valence-corrected chi connectivity index (χ4v) is 6.48. The summed E-state index contributed by atoms with van der Waals surface area (Å²) < 4.78 is 49.4. The first-order chi connectivity index (χ1) is 26.0. The molecule has 287 valence electrons. The van der Waals surface area contributed by atoms with Crippen LogP contribution >= 0.6 is 0 Å². The molecule has 10 nitrogen and oxygen atoms in total. The maximum atomic E-state index is 10.8. The van der Waals surface area contributed by atoms with Crippen LogP contribution in [0.3, 0.4) is 0 Å². The predicted octanol–water partition coefficient (Wildman–Crippen LogP) is 9.39. The second-order valence-corrected chi connectivity index (χ2v) is 14.8. The summed E-state index contributed by atoms with van der Waals surface area (Å²) in [5.74, 6) is 0.427. The van der Waals surface area contributed by atoms with E-state index in [1.54, 1.807) is 12.1 Å². The van der Waals surface area contributed by atoms with E-state index >= 15 is 0 Å². The molecule has 1 aliphatic carbocycles. The number of phenols is 2. The van der Waals surface area contributed by atoms with E-state index in [1.807, 2.05) is 48.5 Å². The molecule has 4 N–H and O–H groups in total. The molecule has 1 radical (unpaired) electrons. The molecule has 0 saturated heterocycles. The van der Waals surface area contributed by atoms with Crippen molar-refractivity contribution in [3.8, 4) is 11.5 Å². The van der Waals surface area contributed by atoms with Crippen molar-refractivity contribution in [2.24, 2.45) is 10.8 Å². The summed E-state index contributed by atoms with van der Waals surface area (Å²) in [4.78, 5) is 0. The van der Waals surface area contributed by atoms with E-state index in [4.69, 9.17) is 25.9 Å². The van der Waals surface area contributed by atoms with E-state index in [0.29, 0.717) is 17.3 Å². The zero-order chi connectivity index (χ0) is 40.3. The summed E-state index contributed by atoms with van der Waals surface area (Å²) in [5, 5.41) is 23.2. The summed E-state index contributed by atoms with van der Waals surface area (Å²) in [6, 6.07) is 43.0. The molecular weight excluding hydrogens is 760 g/mol. The topological polar surface area (TPSA) is 175 Å². The number of benzene rings is 6. The largest absolute Gasteiger partial charge is 0.508 e. The number of rotatable bonds is 5. The second-order valence-electron chi connectivity index (χ2n) is 13.9. The van der Waals surface area contributed by atoms with E-state index < -0.39 is 22.0 Å². The number of aromatic hydroxyl groups is 2. The zero-order valence-electron chi connectivity index (χ0n) is 31.7. The molecule has 0 bridgehead atoms. The standard InChI is InChI=1S/C23H26.C20H14N2O2.Na.2H2O3S/c1-22(2)15-16-23(3,4)20(17-22)21(18-11-7-5-8-12-18)19-13-9-6-10-14-19;21-22(19-11-15(23)9-13-5-1-3-7-17(13)19)20-12-16(24)10-14-6-2-4-8-18(14)20;;2*1-4(2)3/h5-17,21H,1-4H3;1-12,23-24H;;2*4H,(H,1,2,3). The van der Waals surface area contributed by atoms with Crippen molar-refractivity contribution in [2.45, 2.75) is 33.6 Å². The molecule has 1 aliphatic rings. The first-order valence-electron chi connectivity index (χ1n) is 17.1. The molecule has 0 unspecified atom stereocenters. The van der Waals surface area contributed by atoms with Gasteiger partial charge in [-0.3, -0.25) is 9.11 Å². The van der Waals surface area contributed by atoms with Gasteiger partial charge in [-0.15, -0.1) is 0 Å². The third-order valence-electron chi connectivity index (χ3n) is 8.88. The van der Waals surface area contributed by atoms with Crippen LogP contribution in [0.4, 0.5) is 11.4 Å². The molecule has 0 spiro atoms. The van der Waals surface area contributed by atoms with Gasteiger partial charge in [0.25, 0.3) is 22.0 Å². The summed E-state index contributed by atoms with van der Waals surface area (Å²) in [6.07, 6.45) is 7.18. The van der Waals surface area contributed by atoms with Gasteiger partial charge in [-0.2, -0.15) is 0 Å². The van der Waals surface area contributed by atoms with Crippen molar-refractivity contribution < 1.29 is 36.2 Å². The van der Waals surface area contributed by atoms with E-state index in [-0.39, 0.29) is 51.9 Å². The minimum atomic E-state index is -3.12. The number of allylic oxidation sites excluding steroid dienone is 4. The Morgan fingerprint density at radius 1 is 0.571 bits per heavy atom. The van der Waals surface area contributed by atoms with Gasteiger partial charge >= 0.3 is 0 Å². The molecule has 0 saturated carbocycles. The molecule has 0 amide bonds. The molecule has 56 heavy (non-hydrogen) atoms. The normalized spacial score (nSPS) is 13.6. The second kappa shape index (κ2) is 20.5. The zero-order valence-corrected chi connectivity index (χ0v) is 35.5. The van der Waals surface area contributed by atoms with E-state index in [2.05, 4.69) is 107 Å². The van der Waals surface area contributed by atoms with Gasteiger partial charge in [0.15, 0.2) is 0 Å². The summed E-state index contributed by atoms with van der Waals surface area (Å²) >= 11 is 0. The van der Waals surface area contributed by atoms with Gasteiger partial charge in [-0.25, -0.2) is 21.5 Å². The summed E-state index contributed by atoms with van der Waals surface area (Å²) in [6.45, 7) is 9.21. The van der Waals surface area contributed by atoms with Crippen LogP contribution in [0.1, 0.15) is 44.7 Å². The maximum Gasteiger partial charge on any atom is 0.254 e. The van der Waals surface area contributed by atoms with Crippen LogP contribution in [0.5, 0.6) is 11.5 Å². The molecule has 0 aromatic heterocycles. The Morgan fingerprint density at radius 2 is 0.929 bits per heavy atom. The van der Waals surface area contributed by atoms with Gasteiger partial charge in [0.1, 0.15) is 11.5 Å². The Balaban J connectivity index is 0.000000249. The third-order valence-corrected chi connectivity index (χ3v) is 8.88. The van der Waals surface area contributed by atoms with Crippen LogP contribution in [0, 0.1) is 10.8 Å². The number of nitrogens with zero attached hydrogens (tertiary/aromatic N) is 2. The molecule has 6 aromatic rings. The molecule has 0 aliphatic heterocycles. The van der Waals surface area contributed by atoms with Crippen LogP contribution in [-0.2, 0) is 22.0 Å². The number of fused-ring (bicyclic) bond motifs is 2. The van der Waals surface area contributed by atoms with Crippen molar-refractivity contribution in [1.29, 1.82) is 0 Å². The van der Waals surface area contributed by atoms with Gasteiger partial charge in [0.05, 0.1) is 22.9 Å². The summed E-state index contributed by atoms with van der Waals surface area (Å²) in [5.41, 5.74) is 16.1. The molecule has 13 heteroatoms. The van der Waals surface area contributed by atoms with E-state index in [9.17, 15) is 15.7 Å². The van der Waals surface area contributed by atoms with Crippen LogP contribution in [-0.4, -0.2) is 65.7 Å². The number of hydrogen-bond donors (Lipinski definition) is 6. The van der Waals surface area contributed by atoms with Gasteiger partial charge in [0.2, 0.25) is 11.4 Å². The molecule has 0 atom stereocenters. The van der Waals surface area contributed by atoms with Crippen LogP contribution in [0.2, 0.25) is 0 Å². The van der Waals surface area contributed by atoms with Crippen molar-refractivity contribution in [3.63, 3.8) is 0 Å². The average molecular weight is 804 g/mol. The smallest absolute Gasteiger partial charge is 0.254 e. The predicted molar refractivity (Wildman–Crippen MR) is 227 cm³/mol. The molecule has 0 heterocycles. The fraction of sp³-hybridized carbons (Fsp3) is 0.163. The fourth-order valence-electron chi connectivity index (χ4n) is 6.48. The van der Waals surface area contributed by atoms with Crippen LogP contribution < -0.4 is 4.70 Å². The summed E-state index contributed by atoms with van der Waals surface area (Å²) in [7, 11) is -6.24. The Labute approximate surface area is 352 Å². The first-order valence-corrected chi connectivity index (χ1v) is 19.4. The maximum absolute atomic E-state index is 10.8. The monoisotopic (exact) mass is 803 g/mol. The van der Waals surface area contributed by atoms with Gasteiger partial charge < -0.3 is 15.7 Å². The van der Waals surface area contributed by atoms with E-state index in [1.165, 1.54) is 28.8 Å². The number of thiol groups is 2. The Bertz CT molecular complexity index is 2340. The Hall–Kier alpha value is -4.66. The average Bonchev–Trinajstić information content (AvgIpc) is 3.13. The van der Waals surface area contributed by atoms with Crippen molar-refractivity contribution in [3.05, 3.63) is 174 Å². The minimum absolute atomic E-state index is 0. The third kappa shape index (κ3) is 12.7. The van der Waals surface area contributed by atoms with Crippen molar-refractivity contribution in [1.82, 2.24) is 4.70 Å². The SMILES string of the molecule is CC1(C)C=CC(C)(C)C(C(c2ccccc2)c2ccccc2)=C1.O=[SH](=O)O.O=[SH](=O)O.[N-]=[N+](c1cc(O)cc2ccccc12)c1cc(O)cc2ccccc12.[Na]. The molecule has 7 rings (SSSR count). The Morgan fingerprint density at radius 3 is 1.32 bits per heavy atom. The molecular formula is C43H44N2NaO8S2. The molecule has 0 fully saturated rings. The Kier molecular flexibility index (Phi) is 16.7. The number of phenolic OH excluding ortho intramolecular Hbond substituents is 2. The molecule has 6 aromatic carbocycles. The van der Waals surface area contributed by atoms with E-state index in [0.717, 1.165) is 26.2 Å². The first kappa shape index (κ1) is 45.7. The van der Waals surface area contributed by atoms with Gasteiger partial charge in [0, 0.05) is 46.3 Å². The van der Waals surface area contributed by atoms with Crippen LogP contribution in [0.25, 0.3) is 27.1 Å². The van der Waals surface area contributed by atoms with Gasteiger partial charge in [-0.05, 0) is 46.2 Å². The van der Waals surface area contributed by atoms with Crippen molar-refractivity contribution in [2.75, 3.05) is 0 Å². The van der Waals surface area contributed by atoms with Crippen LogP contribution in [0.15, 0.2) is 157 Å². The van der Waals surface area contributed by atoms with Gasteiger partial charge in [-0.1, -0.05) is 149 Å². The quantitative estimate of drug-likeness (QED) is 0.0250. The minimum Gasteiger partial charge on any atom is -0.508 e.